The molecule has 1 aromatic carbocycles. The summed E-state index contributed by atoms with van der Waals surface area (Å²) in [6, 6.07) is 8.01. The van der Waals surface area contributed by atoms with E-state index in [4.69, 9.17) is 4.74 Å². The molecule has 0 saturated carbocycles. The van der Waals surface area contributed by atoms with Gasteiger partial charge in [0.15, 0.2) is 0 Å². The quantitative estimate of drug-likeness (QED) is 0.616. The normalized spacial score (nSPS) is 10.4. The van der Waals surface area contributed by atoms with Crippen LogP contribution in [-0.2, 0) is 16.0 Å². The van der Waals surface area contributed by atoms with Gasteiger partial charge in [0.25, 0.3) is 0 Å². The molecule has 0 heterocycles. The molecule has 5 nitrogen and oxygen atoms in total. The fraction of sp³-hybridized carbons (Fsp3) is 0.500. The van der Waals surface area contributed by atoms with E-state index in [2.05, 4.69) is 22.5 Å². The Labute approximate surface area is 150 Å². The maximum Gasteiger partial charge on any atom is 0.407 e. The maximum absolute atomic E-state index is 11.6. The molecule has 0 saturated heterocycles. The SMILES string of the molecule is CNC(=O)CCC#Cc1cccc(CCCNC(=O)OC(C)(C)C)c1. The summed E-state index contributed by atoms with van der Waals surface area (Å²) in [6.45, 7) is 6.09. The first-order valence-electron chi connectivity index (χ1n) is 8.55. The second-order valence-corrected chi connectivity index (χ2v) is 6.71. The van der Waals surface area contributed by atoms with Gasteiger partial charge in [0.2, 0.25) is 5.91 Å². The standard InChI is InChI=1S/C20H28N2O3/c1-20(2,3)25-19(24)22-14-8-12-17-11-7-10-16(15-17)9-5-6-13-18(23)21-4/h7,10-11,15H,6,8,12-14H2,1-4H3,(H,21,23)(H,22,24). The van der Waals surface area contributed by atoms with E-state index in [9.17, 15) is 9.59 Å². The molecule has 1 rings (SSSR count). The smallest absolute Gasteiger partial charge is 0.407 e. The summed E-state index contributed by atoms with van der Waals surface area (Å²) in [5.41, 5.74) is 1.63. The monoisotopic (exact) mass is 344 g/mol. The number of hydrogen-bond acceptors (Lipinski definition) is 3. The van der Waals surface area contributed by atoms with E-state index in [-0.39, 0.29) is 12.0 Å². The van der Waals surface area contributed by atoms with Gasteiger partial charge in [-0.3, -0.25) is 4.79 Å². The van der Waals surface area contributed by atoms with E-state index in [0.29, 0.717) is 19.4 Å². The molecule has 0 fully saturated rings. The number of ether oxygens (including phenoxy) is 1. The first kappa shape index (κ1) is 20.6. The predicted octanol–water partition coefficient (Wildman–Crippen LogP) is 3.02. The minimum absolute atomic E-state index is 0.000498. The van der Waals surface area contributed by atoms with Gasteiger partial charge >= 0.3 is 6.09 Å². The number of amides is 2. The molecule has 0 aliphatic rings. The topological polar surface area (TPSA) is 67.4 Å². The molecule has 0 aliphatic heterocycles. The van der Waals surface area contributed by atoms with Crippen LogP contribution in [0.15, 0.2) is 24.3 Å². The number of aryl methyl sites for hydroxylation is 1. The van der Waals surface area contributed by atoms with E-state index >= 15 is 0 Å². The van der Waals surface area contributed by atoms with Gasteiger partial charge in [-0.15, -0.1) is 0 Å². The van der Waals surface area contributed by atoms with Crippen molar-refractivity contribution in [2.45, 2.75) is 52.1 Å². The first-order valence-corrected chi connectivity index (χ1v) is 8.55. The van der Waals surface area contributed by atoms with Gasteiger partial charge in [-0.1, -0.05) is 24.0 Å². The van der Waals surface area contributed by atoms with Gasteiger partial charge in [-0.05, 0) is 51.3 Å². The first-order chi connectivity index (χ1) is 11.8. The van der Waals surface area contributed by atoms with E-state index in [0.717, 1.165) is 18.4 Å². The van der Waals surface area contributed by atoms with Crippen molar-refractivity contribution in [3.05, 3.63) is 35.4 Å². The summed E-state index contributed by atoms with van der Waals surface area (Å²) in [4.78, 5) is 22.7. The third-order valence-electron chi connectivity index (χ3n) is 3.23. The fourth-order valence-electron chi connectivity index (χ4n) is 2.07. The fourth-order valence-corrected chi connectivity index (χ4v) is 2.07. The Hall–Kier alpha value is -2.48. The molecule has 0 atom stereocenters. The molecule has 0 aliphatic carbocycles. The molecule has 0 radical (unpaired) electrons. The van der Waals surface area contributed by atoms with Crippen LogP contribution in [0.4, 0.5) is 4.79 Å². The van der Waals surface area contributed by atoms with Gasteiger partial charge < -0.3 is 15.4 Å². The van der Waals surface area contributed by atoms with Crippen LogP contribution in [0.2, 0.25) is 0 Å². The van der Waals surface area contributed by atoms with E-state index in [1.54, 1.807) is 7.05 Å². The highest BCUT2D eigenvalue weighted by atomic mass is 16.6. The molecule has 136 valence electrons. The molecule has 0 aromatic heterocycles. The zero-order valence-corrected chi connectivity index (χ0v) is 15.6. The molecule has 1 aromatic rings. The van der Waals surface area contributed by atoms with Crippen LogP contribution in [0.5, 0.6) is 0 Å². The zero-order chi connectivity index (χ0) is 18.7. The van der Waals surface area contributed by atoms with Crippen molar-refractivity contribution in [1.82, 2.24) is 10.6 Å². The summed E-state index contributed by atoms with van der Waals surface area (Å²) in [5, 5.41) is 5.33. The van der Waals surface area contributed by atoms with Gasteiger partial charge in [0.05, 0.1) is 0 Å². The zero-order valence-electron chi connectivity index (χ0n) is 15.6. The largest absolute Gasteiger partial charge is 0.444 e. The van der Waals surface area contributed by atoms with Crippen LogP contribution < -0.4 is 10.6 Å². The molecule has 0 bridgehead atoms. The summed E-state index contributed by atoms with van der Waals surface area (Å²) in [5.74, 6) is 6.09. The number of alkyl carbamates (subject to hydrolysis) is 1. The second kappa shape index (κ2) is 10.4. The van der Waals surface area contributed by atoms with Crippen molar-refractivity contribution in [3.63, 3.8) is 0 Å². The second-order valence-electron chi connectivity index (χ2n) is 6.71. The van der Waals surface area contributed by atoms with Crippen molar-refractivity contribution in [2.24, 2.45) is 0 Å². The van der Waals surface area contributed by atoms with E-state index in [1.807, 2.05) is 45.0 Å². The number of carbonyl (C=O) groups is 2. The number of hydrogen-bond donors (Lipinski definition) is 2. The van der Waals surface area contributed by atoms with Crippen LogP contribution >= 0.6 is 0 Å². The maximum atomic E-state index is 11.6. The van der Waals surface area contributed by atoms with Gasteiger partial charge in [0, 0.05) is 32.0 Å². The molecule has 2 amide bonds. The lowest BCUT2D eigenvalue weighted by atomic mass is 10.1. The number of rotatable bonds is 6. The van der Waals surface area contributed by atoms with Crippen LogP contribution in [0, 0.1) is 11.8 Å². The van der Waals surface area contributed by atoms with Gasteiger partial charge in [-0.25, -0.2) is 4.79 Å². The average molecular weight is 344 g/mol. The number of nitrogens with one attached hydrogen (secondary N) is 2. The summed E-state index contributed by atoms with van der Waals surface area (Å²) in [6.07, 6.45) is 2.25. The highest BCUT2D eigenvalue weighted by Gasteiger charge is 2.15. The van der Waals surface area contributed by atoms with Crippen LogP contribution in [0.25, 0.3) is 0 Å². The van der Waals surface area contributed by atoms with Crippen molar-refractivity contribution in [1.29, 1.82) is 0 Å². The lowest BCUT2D eigenvalue weighted by Crippen LogP contribution is -2.33. The Kier molecular flexibility index (Phi) is 8.55. The third-order valence-corrected chi connectivity index (χ3v) is 3.23. The average Bonchev–Trinajstić information content (AvgIpc) is 2.54. The molecule has 25 heavy (non-hydrogen) atoms. The Morgan fingerprint density at radius 3 is 2.68 bits per heavy atom. The molecule has 0 unspecified atom stereocenters. The van der Waals surface area contributed by atoms with Crippen molar-refractivity contribution >= 4 is 12.0 Å². The van der Waals surface area contributed by atoms with Crippen molar-refractivity contribution in [3.8, 4) is 11.8 Å². The molecular formula is C20H28N2O3. The predicted molar refractivity (Wildman–Crippen MR) is 99.2 cm³/mol. The van der Waals surface area contributed by atoms with Crippen LogP contribution in [0.1, 0.15) is 51.2 Å². The molecular weight excluding hydrogens is 316 g/mol. The third kappa shape index (κ3) is 10.1. The van der Waals surface area contributed by atoms with E-state index in [1.165, 1.54) is 5.56 Å². The van der Waals surface area contributed by atoms with Gasteiger partial charge in [0.1, 0.15) is 5.60 Å². The molecule has 2 N–H and O–H groups in total. The Balaban J connectivity index is 2.37. The van der Waals surface area contributed by atoms with Gasteiger partial charge in [-0.2, -0.15) is 0 Å². The molecule has 5 heteroatoms. The Morgan fingerprint density at radius 2 is 2.00 bits per heavy atom. The minimum Gasteiger partial charge on any atom is -0.444 e. The lowest BCUT2D eigenvalue weighted by Gasteiger charge is -2.19. The molecule has 0 spiro atoms. The highest BCUT2D eigenvalue weighted by Crippen LogP contribution is 2.08. The van der Waals surface area contributed by atoms with Crippen LogP contribution in [-0.4, -0.2) is 31.2 Å². The van der Waals surface area contributed by atoms with E-state index < -0.39 is 5.60 Å². The van der Waals surface area contributed by atoms with Crippen molar-refractivity contribution in [2.75, 3.05) is 13.6 Å². The summed E-state index contributed by atoms with van der Waals surface area (Å²) >= 11 is 0. The summed E-state index contributed by atoms with van der Waals surface area (Å²) in [7, 11) is 1.62. The lowest BCUT2D eigenvalue weighted by molar-refractivity contribution is -0.120. The number of carbonyl (C=O) groups excluding carboxylic acids is 2. The number of benzene rings is 1. The van der Waals surface area contributed by atoms with Crippen molar-refractivity contribution < 1.29 is 14.3 Å². The minimum atomic E-state index is -0.477. The highest BCUT2D eigenvalue weighted by molar-refractivity contribution is 5.75. The Morgan fingerprint density at radius 1 is 1.24 bits per heavy atom. The Bertz CT molecular complexity index is 636. The summed E-state index contributed by atoms with van der Waals surface area (Å²) < 4.78 is 5.19. The van der Waals surface area contributed by atoms with Crippen LogP contribution in [0.3, 0.4) is 0 Å².